The summed E-state index contributed by atoms with van der Waals surface area (Å²) in [6.07, 6.45) is 23.8. The van der Waals surface area contributed by atoms with Crippen LogP contribution in [0.15, 0.2) is 0 Å². The van der Waals surface area contributed by atoms with E-state index in [-0.39, 0.29) is 19.4 Å². The first-order valence-corrected chi connectivity index (χ1v) is 19.5. The third-order valence-corrected chi connectivity index (χ3v) is 8.71. The standard InChI is InChI=1S/C34H67O10P/c1-3-5-7-9-11-12-13-14-15-16-17-18-20-22-24-26-34(38)44-32(30-43-45(39,40)42-28-31(36)27-35)29-41-33(37)25-23-21-19-10-8-6-4-2/h31-32,35-36H,3-30H2,1-2H3,(H,39,40). The average molecular weight is 667 g/mol. The Morgan fingerprint density at radius 3 is 1.38 bits per heavy atom. The van der Waals surface area contributed by atoms with E-state index in [2.05, 4.69) is 18.4 Å². The summed E-state index contributed by atoms with van der Waals surface area (Å²) >= 11 is 0. The Morgan fingerprint density at radius 2 is 0.956 bits per heavy atom. The van der Waals surface area contributed by atoms with E-state index in [9.17, 15) is 24.2 Å². The lowest BCUT2D eigenvalue weighted by atomic mass is 10.0. The van der Waals surface area contributed by atoms with E-state index in [4.69, 9.17) is 19.1 Å². The molecule has 0 heterocycles. The molecule has 3 N–H and O–H groups in total. The van der Waals surface area contributed by atoms with Gasteiger partial charge in [-0.1, -0.05) is 142 Å². The van der Waals surface area contributed by atoms with Gasteiger partial charge in [-0.3, -0.25) is 18.6 Å². The molecule has 0 aliphatic carbocycles. The van der Waals surface area contributed by atoms with E-state index in [0.717, 1.165) is 38.5 Å². The quantitative estimate of drug-likeness (QED) is 0.0348. The zero-order valence-electron chi connectivity index (χ0n) is 28.6. The van der Waals surface area contributed by atoms with Crippen LogP contribution in [0.4, 0.5) is 0 Å². The van der Waals surface area contributed by atoms with Crippen molar-refractivity contribution in [3.8, 4) is 0 Å². The number of carbonyl (C=O) groups is 2. The minimum atomic E-state index is -4.59. The van der Waals surface area contributed by atoms with E-state index in [1.54, 1.807) is 0 Å². The van der Waals surface area contributed by atoms with Gasteiger partial charge in [-0.05, 0) is 12.8 Å². The van der Waals surface area contributed by atoms with Crippen molar-refractivity contribution in [2.75, 3.05) is 26.4 Å². The number of unbranched alkanes of at least 4 members (excludes halogenated alkanes) is 20. The number of carbonyl (C=O) groups excluding carboxylic acids is 2. The molecule has 0 rings (SSSR count). The van der Waals surface area contributed by atoms with Crippen LogP contribution in [0.2, 0.25) is 0 Å². The van der Waals surface area contributed by atoms with Crippen molar-refractivity contribution in [3.63, 3.8) is 0 Å². The minimum absolute atomic E-state index is 0.191. The number of aliphatic hydroxyl groups excluding tert-OH is 2. The van der Waals surface area contributed by atoms with Crippen LogP contribution in [0, 0.1) is 0 Å². The Bertz CT molecular complexity index is 736. The van der Waals surface area contributed by atoms with Crippen LogP contribution < -0.4 is 0 Å². The fourth-order valence-corrected chi connectivity index (χ4v) is 5.72. The lowest BCUT2D eigenvalue weighted by Gasteiger charge is -2.20. The van der Waals surface area contributed by atoms with Gasteiger partial charge < -0.3 is 24.6 Å². The summed E-state index contributed by atoms with van der Waals surface area (Å²) in [4.78, 5) is 34.6. The molecule has 0 saturated carbocycles. The Labute approximate surface area is 273 Å². The van der Waals surface area contributed by atoms with Gasteiger partial charge in [0.1, 0.15) is 12.7 Å². The summed E-state index contributed by atoms with van der Waals surface area (Å²) in [5.41, 5.74) is 0. The molecule has 45 heavy (non-hydrogen) atoms. The van der Waals surface area contributed by atoms with Crippen LogP contribution in [0.25, 0.3) is 0 Å². The number of hydrogen-bond donors (Lipinski definition) is 3. The number of phosphoric ester groups is 1. The Balaban J connectivity index is 4.31. The Kier molecular flexibility index (Phi) is 30.8. The number of ether oxygens (including phenoxy) is 2. The first-order chi connectivity index (χ1) is 21.7. The fourth-order valence-electron chi connectivity index (χ4n) is 4.93. The van der Waals surface area contributed by atoms with Crippen molar-refractivity contribution in [1.29, 1.82) is 0 Å². The average Bonchev–Trinajstić information content (AvgIpc) is 3.02. The molecule has 0 spiro atoms. The molecule has 11 heteroatoms. The van der Waals surface area contributed by atoms with Gasteiger partial charge >= 0.3 is 19.8 Å². The van der Waals surface area contributed by atoms with Gasteiger partial charge in [-0.25, -0.2) is 4.57 Å². The van der Waals surface area contributed by atoms with E-state index in [0.29, 0.717) is 12.8 Å². The lowest BCUT2D eigenvalue weighted by Crippen LogP contribution is -2.29. The van der Waals surface area contributed by atoms with E-state index in [1.807, 2.05) is 0 Å². The number of aliphatic hydroxyl groups is 2. The maximum atomic E-state index is 12.5. The van der Waals surface area contributed by atoms with Gasteiger partial charge in [0.25, 0.3) is 0 Å². The summed E-state index contributed by atoms with van der Waals surface area (Å²) in [7, 11) is -4.59. The molecule has 3 atom stereocenters. The molecule has 10 nitrogen and oxygen atoms in total. The highest BCUT2D eigenvalue weighted by atomic mass is 31.2. The number of hydrogen-bond acceptors (Lipinski definition) is 9. The van der Waals surface area contributed by atoms with Crippen LogP contribution >= 0.6 is 7.82 Å². The van der Waals surface area contributed by atoms with Gasteiger partial charge in [0, 0.05) is 12.8 Å². The predicted octanol–water partition coefficient (Wildman–Crippen LogP) is 8.33. The SMILES string of the molecule is CCCCCCCCCCCCCCCCCC(=O)OC(COC(=O)CCCCCCCCC)COP(=O)(O)OCC(O)CO. The van der Waals surface area contributed by atoms with E-state index in [1.165, 1.54) is 89.9 Å². The van der Waals surface area contributed by atoms with Crippen LogP contribution in [-0.4, -0.2) is 65.7 Å². The first kappa shape index (κ1) is 44.0. The molecular weight excluding hydrogens is 599 g/mol. The molecular formula is C34H67O10P. The number of phosphoric acid groups is 1. The van der Waals surface area contributed by atoms with E-state index < -0.39 is 51.8 Å². The van der Waals surface area contributed by atoms with Crippen LogP contribution in [0.1, 0.15) is 168 Å². The maximum absolute atomic E-state index is 12.5. The molecule has 268 valence electrons. The maximum Gasteiger partial charge on any atom is 0.472 e. The van der Waals surface area contributed by atoms with Gasteiger partial charge in [0.15, 0.2) is 6.10 Å². The molecule has 0 aromatic rings. The Hall–Kier alpha value is -1.03. The van der Waals surface area contributed by atoms with Gasteiger partial charge in [0.2, 0.25) is 0 Å². The Morgan fingerprint density at radius 1 is 0.578 bits per heavy atom. The highest BCUT2D eigenvalue weighted by Gasteiger charge is 2.27. The monoisotopic (exact) mass is 666 g/mol. The number of esters is 2. The van der Waals surface area contributed by atoms with Crippen molar-refractivity contribution in [1.82, 2.24) is 0 Å². The summed E-state index contributed by atoms with van der Waals surface area (Å²) in [5.74, 6) is -0.924. The second-order valence-corrected chi connectivity index (χ2v) is 13.7. The fraction of sp³-hybridized carbons (Fsp3) is 0.941. The molecule has 3 unspecified atom stereocenters. The topological polar surface area (TPSA) is 149 Å². The molecule has 0 radical (unpaired) electrons. The molecule has 0 amide bonds. The van der Waals surface area contributed by atoms with Crippen molar-refractivity contribution < 1.29 is 47.8 Å². The number of rotatable bonds is 34. The van der Waals surface area contributed by atoms with Gasteiger partial charge in [0.05, 0.1) is 19.8 Å². The first-order valence-electron chi connectivity index (χ1n) is 18.0. The predicted molar refractivity (Wildman–Crippen MR) is 178 cm³/mol. The van der Waals surface area contributed by atoms with Gasteiger partial charge in [-0.2, -0.15) is 0 Å². The normalized spacial score (nSPS) is 14.2. The second-order valence-electron chi connectivity index (χ2n) is 12.3. The zero-order valence-corrected chi connectivity index (χ0v) is 29.5. The third kappa shape index (κ3) is 31.3. The van der Waals surface area contributed by atoms with Crippen LogP contribution in [0.3, 0.4) is 0 Å². The highest BCUT2D eigenvalue weighted by Crippen LogP contribution is 2.43. The second kappa shape index (κ2) is 31.6. The van der Waals surface area contributed by atoms with Gasteiger partial charge in [-0.15, -0.1) is 0 Å². The van der Waals surface area contributed by atoms with Crippen molar-refractivity contribution >= 4 is 19.8 Å². The molecule has 0 aliphatic heterocycles. The molecule has 0 saturated heterocycles. The third-order valence-electron chi connectivity index (χ3n) is 7.76. The molecule has 0 aromatic carbocycles. The minimum Gasteiger partial charge on any atom is -0.462 e. The summed E-state index contributed by atoms with van der Waals surface area (Å²) in [6, 6.07) is 0. The van der Waals surface area contributed by atoms with Crippen molar-refractivity contribution in [2.45, 2.75) is 180 Å². The largest absolute Gasteiger partial charge is 0.472 e. The van der Waals surface area contributed by atoms with Crippen LogP contribution in [0.5, 0.6) is 0 Å². The molecule has 0 fully saturated rings. The summed E-state index contributed by atoms with van der Waals surface area (Å²) < 4.78 is 32.4. The molecule has 0 bridgehead atoms. The summed E-state index contributed by atoms with van der Waals surface area (Å²) in [6.45, 7) is 2.33. The van der Waals surface area contributed by atoms with Crippen molar-refractivity contribution in [3.05, 3.63) is 0 Å². The smallest absolute Gasteiger partial charge is 0.462 e. The molecule has 0 aliphatic rings. The zero-order chi connectivity index (χ0) is 33.4. The van der Waals surface area contributed by atoms with E-state index >= 15 is 0 Å². The lowest BCUT2D eigenvalue weighted by molar-refractivity contribution is -0.161. The van der Waals surface area contributed by atoms with Crippen LogP contribution in [-0.2, 0) is 32.7 Å². The van der Waals surface area contributed by atoms with Crippen molar-refractivity contribution in [2.24, 2.45) is 0 Å². The molecule has 0 aromatic heterocycles. The summed E-state index contributed by atoms with van der Waals surface area (Å²) in [5, 5.41) is 18.2. The highest BCUT2D eigenvalue weighted by molar-refractivity contribution is 7.47.